The number of carboxylic acid groups (broad SMARTS) is 1. The van der Waals surface area contributed by atoms with E-state index in [0.717, 1.165) is 5.56 Å². The zero-order valence-corrected chi connectivity index (χ0v) is 10.8. The summed E-state index contributed by atoms with van der Waals surface area (Å²) in [4.78, 5) is 12.8. The van der Waals surface area contributed by atoms with Gasteiger partial charge in [-0.3, -0.25) is 4.90 Å². The molecule has 0 bridgehead atoms. The normalized spacial score (nSPS) is 23.2. The minimum atomic E-state index is -2.58. The molecule has 3 nitrogen and oxygen atoms in total. The molecule has 2 rings (SSSR count). The number of rotatable bonds is 3. The van der Waals surface area contributed by atoms with Crippen LogP contribution in [0.3, 0.4) is 0 Å². The Hall–Kier alpha value is -1.49. The molecule has 1 aliphatic heterocycles. The first kappa shape index (κ1) is 13.9. The Labute approximate surface area is 110 Å². The number of hydrogen-bond acceptors (Lipinski definition) is 2. The summed E-state index contributed by atoms with van der Waals surface area (Å²) in [6, 6.07) is 6.63. The molecule has 0 radical (unpaired) electrons. The smallest absolute Gasteiger partial charge is 0.335 e. The summed E-state index contributed by atoms with van der Waals surface area (Å²) in [6.07, 6.45) is -0.132. The Bertz CT molecular complexity index is 476. The van der Waals surface area contributed by atoms with E-state index in [1.807, 2.05) is 11.0 Å². The first-order chi connectivity index (χ1) is 8.88. The zero-order valence-electron chi connectivity index (χ0n) is 10.8. The van der Waals surface area contributed by atoms with E-state index in [1.54, 1.807) is 19.1 Å². The number of carbonyl (C=O) groups is 1. The number of piperidine rings is 1. The summed E-state index contributed by atoms with van der Waals surface area (Å²) in [5.74, 6) is -4.22. The predicted molar refractivity (Wildman–Crippen MR) is 67.4 cm³/mol. The summed E-state index contributed by atoms with van der Waals surface area (Å²) in [5, 5.41) is 8.91. The molecule has 0 aromatic heterocycles. The number of nitrogens with zero attached hydrogens (tertiary/aromatic N) is 1. The second-order valence-electron chi connectivity index (χ2n) is 5.15. The maximum absolute atomic E-state index is 13.4. The third-order valence-corrected chi connectivity index (χ3v) is 3.59. The molecule has 1 saturated heterocycles. The maximum Gasteiger partial charge on any atom is 0.335 e. The van der Waals surface area contributed by atoms with Crippen molar-refractivity contribution in [1.29, 1.82) is 0 Å². The molecule has 1 aromatic rings. The topological polar surface area (TPSA) is 40.5 Å². The number of halogens is 2. The van der Waals surface area contributed by atoms with Crippen molar-refractivity contribution in [2.75, 3.05) is 13.1 Å². The van der Waals surface area contributed by atoms with Crippen molar-refractivity contribution < 1.29 is 18.7 Å². The molecular weight excluding hydrogens is 252 g/mol. The van der Waals surface area contributed by atoms with Gasteiger partial charge in [-0.1, -0.05) is 19.1 Å². The fraction of sp³-hybridized carbons (Fsp3) is 0.500. The maximum atomic E-state index is 13.4. The van der Waals surface area contributed by atoms with Gasteiger partial charge in [-0.05, 0) is 17.7 Å². The van der Waals surface area contributed by atoms with Gasteiger partial charge >= 0.3 is 5.97 Å². The third kappa shape index (κ3) is 3.29. The molecule has 1 aliphatic rings. The summed E-state index contributed by atoms with van der Waals surface area (Å²) in [6.45, 7) is 2.75. The summed E-state index contributed by atoms with van der Waals surface area (Å²) in [5.41, 5.74) is 1.07. The first-order valence-corrected chi connectivity index (χ1v) is 6.31. The monoisotopic (exact) mass is 269 g/mol. The van der Waals surface area contributed by atoms with Crippen molar-refractivity contribution in [2.45, 2.75) is 25.8 Å². The molecular formula is C14H17F2NO2. The van der Waals surface area contributed by atoms with Gasteiger partial charge in [0.05, 0.1) is 5.56 Å². The number of hydrogen-bond donors (Lipinski definition) is 1. The van der Waals surface area contributed by atoms with E-state index < -0.39 is 17.8 Å². The van der Waals surface area contributed by atoms with Crippen LogP contribution in [0.4, 0.5) is 8.78 Å². The van der Waals surface area contributed by atoms with Crippen molar-refractivity contribution in [3.05, 3.63) is 35.4 Å². The van der Waals surface area contributed by atoms with E-state index in [-0.39, 0.29) is 12.0 Å². The molecule has 1 atom stereocenters. The Morgan fingerprint density at radius 1 is 1.53 bits per heavy atom. The first-order valence-electron chi connectivity index (χ1n) is 6.31. The molecule has 1 heterocycles. The highest BCUT2D eigenvalue weighted by atomic mass is 19.3. The summed E-state index contributed by atoms with van der Waals surface area (Å²) >= 11 is 0. The Balaban J connectivity index is 2.02. The van der Waals surface area contributed by atoms with Crippen LogP contribution in [0.5, 0.6) is 0 Å². The largest absolute Gasteiger partial charge is 0.478 e. The highest BCUT2D eigenvalue weighted by molar-refractivity contribution is 5.87. The minimum absolute atomic E-state index is 0.132. The van der Waals surface area contributed by atoms with Gasteiger partial charge in [0.2, 0.25) is 0 Å². The molecule has 0 aliphatic carbocycles. The number of likely N-dealkylation sites (tertiary alicyclic amines) is 1. The van der Waals surface area contributed by atoms with Gasteiger partial charge in [0, 0.05) is 32.0 Å². The Morgan fingerprint density at radius 3 is 2.89 bits per heavy atom. The van der Waals surface area contributed by atoms with Gasteiger partial charge in [-0.2, -0.15) is 0 Å². The van der Waals surface area contributed by atoms with E-state index in [0.29, 0.717) is 19.6 Å². The van der Waals surface area contributed by atoms with Crippen LogP contribution < -0.4 is 0 Å². The second kappa shape index (κ2) is 5.25. The van der Waals surface area contributed by atoms with Crippen molar-refractivity contribution in [3.8, 4) is 0 Å². The Morgan fingerprint density at radius 2 is 2.26 bits per heavy atom. The van der Waals surface area contributed by atoms with Crippen LogP contribution in [-0.2, 0) is 6.54 Å². The van der Waals surface area contributed by atoms with Crippen LogP contribution in [0.2, 0.25) is 0 Å². The van der Waals surface area contributed by atoms with Gasteiger partial charge in [-0.15, -0.1) is 0 Å². The van der Waals surface area contributed by atoms with Crippen LogP contribution in [0, 0.1) is 5.92 Å². The molecule has 1 N–H and O–H groups in total. The molecule has 1 fully saturated rings. The lowest BCUT2D eigenvalue weighted by Crippen LogP contribution is -2.45. The molecule has 0 spiro atoms. The minimum Gasteiger partial charge on any atom is -0.478 e. The number of alkyl halides is 2. The van der Waals surface area contributed by atoms with E-state index in [1.165, 1.54) is 6.07 Å². The summed E-state index contributed by atoms with van der Waals surface area (Å²) in [7, 11) is 0. The van der Waals surface area contributed by atoms with Crippen LogP contribution in [0.15, 0.2) is 24.3 Å². The van der Waals surface area contributed by atoms with Gasteiger partial charge < -0.3 is 5.11 Å². The average Bonchev–Trinajstić information content (AvgIpc) is 2.35. The van der Waals surface area contributed by atoms with Crippen LogP contribution in [0.25, 0.3) is 0 Å². The van der Waals surface area contributed by atoms with Crippen molar-refractivity contribution in [3.63, 3.8) is 0 Å². The van der Waals surface area contributed by atoms with Crippen molar-refractivity contribution in [1.82, 2.24) is 4.90 Å². The highest BCUT2D eigenvalue weighted by Gasteiger charge is 2.40. The van der Waals surface area contributed by atoms with E-state index in [9.17, 15) is 13.6 Å². The van der Waals surface area contributed by atoms with Crippen LogP contribution in [-0.4, -0.2) is 35.0 Å². The van der Waals surface area contributed by atoms with Crippen LogP contribution in [0.1, 0.15) is 29.3 Å². The Kier molecular flexibility index (Phi) is 3.85. The number of aromatic carboxylic acids is 1. The zero-order chi connectivity index (χ0) is 14.0. The SMILES string of the molecule is CC1CN(Cc2cccc(C(=O)O)c2)CCC1(F)F. The van der Waals surface area contributed by atoms with Gasteiger partial charge in [-0.25, -0.2) is 13.6 Å². The van der Waals surface area contributed by atoms with Crippen LogP contribution >= 0.6 is 0 Å². The molecule has 5 heteroatoms. The lowest BCUT2D eigenvalue weighted by atomic mass is 9.95. The quantitative estimate of drug-likeness (QED) is 0.917. The predicted octanol–water partition coefficient (Wildman–Crippen LogP) is 2.86. The van der Waals surface area contributed by atoms with E-state index in [4.69, 9.17) is 5.11 Å². The molecule has 1 unspecified atom stereocenters. The van der Waals surface area contributed by atoms with Crippen molar-refractivity contribution in [2.24, 2.45) is 5.92 Å². The average molecular weight is 269 g/mol. The second-order valence-corrected chi connectivity index (χ2v) is 5.15. The highest BCUT2D eigenvalue weighted by Crippen LogP contribution is 2.33. The molecule has 0 amide bonds. The van der Waals surface area contributed by atoms with Crippen molar-refractivity contribution >= 4 is 5.97 Å². The number of benzene rings is 1. The fourth-order valence-electron chi connectivity index (χ4n) is 2.37. The molecule has 19 heavy (non-hydrogen) atoms. The molecule has 0 saturated carbocycles. The summed E-state index contributed by atoms with van der Waals surface area (Å²) < 4.78 is 26.8. The molecule has 1 aromatic carbocycles. The van der Waals surface area contributed by atoms with Gasteiger partial charge in [0.25, 0.3) is 5.92 Å². The van der Waals surface area contributed by atoms with Gasteiger partial charge in [0.1, 0.15) is 0 Å². The fourth-order valence-corrected chi connectivity index (χ4v) is 2.37. The standard InChI is InChI=1S/C14H17F2NO2/c1-10-8-17(6-5-14(10,15)16)9-11-3-2-4-12(7-11)13(18)19/h2-4,7,10H,5-6,8-9H2,1H3,(H,18,19). The van der Waals surface area contributed by atoms with Gasteiger partial charge in [0.15, 0.2) is 0 Å². The van der Waals surface area contributed by atoms with E-state index in [2.05, 4.69) is 0 Å². The lowest BCUT2D eigenvalue weighted by molar-refractivity contribution is -0.100. The molecule has 104 valence electrons. The number of carboxylic acids is 1. The lowest BCUT2D eigenvalue weighted by Gasteiger charge is -2.36. The van der Waals surface area contributed by atoms with E-state index >= 15 is 0 Å². The third-order valence-electron chi connectivity index (χ3n) is 3.59.